The summed E-state index contributed by atoms with van der Waals surface area (Å²) in [7, 11) is 1.70. The number of nitrogens with zero attached hydrogens (tertiary/aromatic N) is 2. The van der Waals surface area contributed by atoms with Crippen LogP contribution < -0.4 is 4.74 Å². The third-order valence-electron chi connectivity index (χ3n) is 2.78. The smallest absolute Gasteiger partial charge is 0.410 e. The van der Waals surface area contributed by atoms with Crippen LogP contribution in [0.5, 0.6) is 5.75 Å². The predicted molar refractivity (Wildman–Crippen MR) is 85.4 cm³/mol. The van der Waals surface area contributed by atoms with E-state index >= 15 is 0 Å². The molecule has 0 unspecified atom stereocenters. The average Bonchev–Trinajstić information content (AvgIpc) is 2.44. The van der Waals surface area contributed by atoms with E-state index in [1.54, 1.807) is 39.4 Å². The zero-order valence-corrected chi connectivity index (χ0v) is 14.2. The molecule has 0 atom stereocenters. The number of hydrogen-bond acceptors (Lipinski definition) is 4. The van der Waals surface area contributed by atoms with E-state index in [1.165, 1.54) is 4.90 Å². The van der Waals surface area contributed by atoms with Crippen LogP contribution in [-0.2, 0) is 4.74 Å². The summed E-state index contributed by atoms with van der Waals surface area (Å²) in [5.41, 5.74) is -0.664. The van der Waals surface area contributed by atoms with Crippen molar-refractivity contribution in [2.24, 2.45) is 0 Å². The quantitative estimate of drug-likeness (QED) is 0.552. The molecule has 0 aliphatic heterocycles. The molecule has 0 saturated heterocycles. The standard InChI is InChI=1S/C15H21BrN2O3/c1-5-15(2,3)21-14(19)18(4)9-6-10-20-13-11-17-8-7-12(13)16/h5,7-8,11H,1,6,9-10H2,2-4H3. The molecule has 1 heterocycles. The second kappa shape index (κ2) is 8.02. The summed E-state index contributed by atoms with van der Waals surface area (Å²) in [6.07, 6.45) is 5.25. The van der Waals surface area contributed by atoms with Crippen molar-refractivity contribution in [2.75, 3.05) is 20.2 Å². The largest absolute Gasteiger partial charge is 0.491 e. The highest BCUT2D eigenvalue weighted by molar-refractivity contribution is 9.10. The average molecular weight is 357 g/mol. The van der Waals surface area contributed by atoms with E-state index < -0.39 is 5.60 Å². The summed E-state index contributed by atoms with van der Waals surface area (Å²) in [5, 5.41) is 0. The molecule has 0 saturated carbocycles. The fraction of sp³-hybridized carbons (Fsp3) is 0.467. The lowest BCUT2D eigenvalue weighted by atomic mass is 10.1. The van der Waals surface area contributed by atoms with E-state index in [0.717, 1.165) is 4.47 Å². The Morgan fingerprint density at radius 1 is 1.57 bits per heavy atom. The molecule has 21 heavy (non-hydrogen) atoms. The van der Waals surface area contributed by atoms with E-state index in [1.807, 2.05) is 6.07 Å². The molecule has 0 aromatic carbocycles. The molecule has 116 valence electrons. The zero-order chi connectivity index (χ0) is 15.9. The maximum atomic E-state index is 11.8. The van der Waals surface area contributed by atoms with Crippen LogP contribution in [0.15, 0.2) is 35.6 Å². The van der Waals surface area contributed by atoms with Gasteiger partial charge in [0, 0.05) is 19.8 Å². The molecule has 0 N–H and O–H groups in total. The van der Waals surface area contributed by atoms with Gasteiger partial charge in [-0.15, -0.1) is 0 Å². The second-order valence-electron chi connectivity index (χ2n) is 5.11. The molecule has 0 radical (unpaired) electrons. The van der Waals surface area contributed by atoms with Gasteiger partial charge in [0.25, 0.3) is 0 Å². The molecule has 1 aromatic rings. The van der Waals surface area contributed by atoms with Crippen LogP contribution in [0.2, 0.25) is 0 Å². The maximum Gasteiger partial charge on any atom is 0.410 e. The summed E-state index contributed by atoms with van der Waals surface area (Å²) in [6, 6.07) is 1.82. The van der Waals surface area contributed by atoms with E-state index in [9.17, 15) is 4.79 Å². The predicted octanol–water partition coefficient (Wildman–Crippen LogP) is 3.65. The molecule has 0 aliphatic carbocycles. The highest BCUT2D eigenvalue weighted by Crippen LogP contribution is 2.22. The van der Waals surface area contributed by atoms with Crippen molar-refractivity contribution in [1.29, 1.82) is 0 Å². The molecule has 6 heteroatoms. The van der Waals surface area contributed by atoms with Crippen LogP contribution in [0.1, 0.15) is 20.3 Å². The molecule has 5 nitrogen and oxygen atoms in total. The SMILES string of the molecule is C=CC(C)(C)OC(=O)N(C)CCCOc1cnccc1Br. The number of amides is 1. The van der Waals surface area contributed by atoms with Crippen molar-refractivity contribution >= 4 is 22.0 Å². The molecule has 0 fully saturated rings. The van der Waals surface area contributed by atoms with Crippen LogP contribution in [0.4, 0.5) is 4.79 Å². The first-order chi connectivity index (χ1) is 9.85. The van der Waals surface area contributed by atoms with Crippen LogP contribution in [-0.4, -0.2) is 41.8 Å². The van der Waals surface area contributed by atoms with Crippen molar-refractivity contribution in [2.45, 2.75) is 25.9 Å². The molecular weight excluding hydrogens is 336 g/mol. The van der Waals surface area contributed by atoms with E-state index in [2.05, 4.69) is 27.5 Å². The number of aromatic nitrogens is 1. The van der Waals surface area contributed by atoms with Gasteiger partial charge in [0.15, 0.2) is 5.75 Å². The molecule has 1 aromatic heterocycles. The number of rotatable bonds is 7. The van der Waals surface area contributed by atoms with Gasteiger partial charge in [-0.05, 0) is 48.3 Å². The molecular formula is C15H21BrN2O3. The number of halogens is 1. The van der Waals surface area contributed by atoms with Gasteiger partial charge in [-0.2, -0.15) is 0 Å². The van der Waals surface area contributed by atoms with E-state index in [-0.39, 0.29) is 6.09 Å². The van der Waals surface area contributed by atoms with Gasteiger partial charge < -0.3 is 14.4 Å². The Kier molecular flexibility index (Phi) is 6.68. The van der Waals surface area contributed by atoms with Crippen LogP contribution in [0, 0.1) is 0 Å². The Bertz CT molecular complexity index is 492. The molecule has 0 spiro atoms. The lowest BCUT2D eigenvalue weighted by Gasteiger charge is -2.25. The van der Waals surface area contributed by atoms with Gasteiger partial charge >= 0.3 is 6.09 Å². The minimum atomic E-state index is -0.664. The van der Waals surface area contributed by atoms with E-state index in [0.29, 0.717) is 25.3 Å². The minimum absolute atomic E-state index is 0.373. The first-order valence-corrected chi connectivity index (χ1v) is 7.45. The van der Waals surface area contributed by atoms with Crippen LogP contribution in [0.25, 0.3) is 0 Å². The summed E-state index contributed by atoms with van der Waals surface area (Å²) in [6.45, 7) is 8.25. The Balaban J connectivity index is 2.31. The maximum absolute atomic E-state index is 11.8. The Hall–Kier alpha value is -1.56. The number of carbonyl (C=O) groups is 1. The van der Waals surface area contributed by atoms with Gasteiger partial charge in [0.05, 0.1) is 17.3 Å². The summed E-state index contributed by atoms with van der Waals surface area (Å²) in [5.74, 6) is 0.690. The monoisotopic (exact) mass is 356 g/mol. The Labute approximate surface area is 134 Å². The topological polar surface area (TPSA) is 51.7 Å². The first kappa shape index (κ1) is 17.5. The molecule has 1 amide bonds. The fourth-order valence-electron chi connectivity index (χ4n) is 1.39. The van der Waals surface area contributed by atoms with Gasteiger partial charge in [-0.1, -0.05) is 6.58 Å². The molecule has 0 bridgehead atoms. The highest BCUT2D eigenvalue weighted by atomic mass is 79.9. The summed E-state index contributed by atoms with van der Waals surface area (Å²) < 4.78 is 11.7. The highest BCUT2D eigenvalue weighted by Gasteiger charge is 2.21. The van der Waals surface area contributed by atoms with Gasteiger partial charge in [0.1, 0.15) is 5.60 Å². The zero-order valence-electron chi connectivity index (χ0n) is 12.6. The van der Waals surface area contributed by atoms with Crippen molar-refractivity contribution in [3.05, 3.63) is 35.6 Å². The second-order valence-corrected chi connectivity index (χ2v) is 5.96. The number of pyridine rings is 1. The van der Waals surface area contributed by atoms with Crippen molar-refractivity contribution in [3.63, 3.8) is 0 Å². The lowest BCUT2D eigenvalue weighted by Crippen LogP contribution is -2.35. The number of carbonyl (C=O) groups excluding carboxylic acids is 1. The minimum Gasteiger partial charge on any atom is -0.491 e. The number of hydrogen-bond donors (Lipinski definition) is 0. The van der Waals surface area contributed by atoms with Gasteiger partial charge in [-0.25, -0.2) is 4.79 Å². The lowest BCUT2D eigenvalue weighted by molar-refractivity contribution is 0.0460. The Morgan fingerprint density at radius 3 is 2.90 bits per heavy atom. The third-order valence-corrected chi connectivity index (χ3v) is 3.44. The van der Waals surface area contributed by atoms with Crippen molar-refractivity contribution in [3.8, 4) is 5.75 Å². The summed E-state index contributed by atoms with van der Waals surface area (Å²) in [4.78, 5) is 17.3. The van der Waals surface area contributed by atoms with E-state index in [4.69, 9.17) is 9.47 Å². The van der Waals surface area contributed by atoms with Crippen molar-refractivity contribution < 1.29 is 14.3 Å². The summed E-state index contributed by atoms with van der Waals surface area (Å²) >= 11 is 3.38. The molecule has 0 aliphatic rings. The fourth-order valence-corrected chi connectivity index (χ4v) is 1.72. The van der Waals surface area contributed by atoms with Crippen LogP contribution in [0.3, 0.4) is 0 Å². The number of ether oxygens (including phenoxy) is 2. The van der Waals surface area contributed by atoms with Gasteiger partial charge in [0.2, 0.25) is 0 Å². The normalized spacial score (nSPS) is 10.9. The van der Waals surface area contributed by atoms with Gasteiger partial charge in [-0.3, -0.25) is 4.98 Å². The van der Waals surface area contributed by atoms with Crippen molar-refractivity contribution in [1.82, 2.24) is 9.88 Å². The third kappa shape index (κ3) is 6.16. The Morgan fingerprint density at radius 2 is 2.29 bits per heavy atom. The molecule has 1 rings (SSSR count). The van der Waals surface area contributed by atoms with Crippen LogP contribution >= 0.6 is 15.9 Å². The first-order valence-electron chi connectivity index (χ1n) is 6.66.